The van der Waals surface area contributed by atoms with Crippen LogP contribution in [0.3, 0.4) is 0 Å². The molecule has 0 unspecified atom stereocenters. The van der Waals surface area contributed by atoms with Gasteiger partial charge < -0.3 is 4.74 Å². The van der Waals surface area contributed by atoms with Crippen LogP contribution in [0.1, 0.15) is 33.1 Å². The van der Waals surface area contributed by atoms with Crippen molar-refractivity contribution < 1.29 is 22.7 Å². The molecule has 0 radical (unpaired) electrons. The van der Waals surface area contributed by atoms with Crippen molar-refractivity contribution in [3.63, 3.8) is 0 Å². The zero-order chi connectivity index (χ0) is 17.9. The van der Waals surface area contributed by atoms with Gasteiger partial charge in [0.25, 0.3) is 0 Å². The van der Waals surface area contributed by atoms with Gasteiger partial charge in [-0.3, -0.25) is 14.5 Å². The molecular weight excluding hydrogens is 332 g/mol. The Morgan fingerprint density at radius 1 is 1.12 bits per heavy atom. The molecule has 132 valence electrons. The standard InChI is InChI=1S/C16H22N2O5S/c1-4-17(5-2)24(21,22)14-11-12(9-10-13(14)23-3)18-15(19)7-6-8-16(18)20/h9-11H,4-8H2,1-3H3. The molecule has 0 aliphatic carbocycles. The third-order valence-electron chi connectivity index (χ3n) is 4.01. The van der Waals surface area contributed by atoms with Crippen molar-refractivity contribution in [1.82, 2.24) is 4.31 Å². The van der Waals surface area contributed by atoms with Gasteiger partial charge in [0.05, 0.1) is 12.8 Å². The van der Waals surface area contributed by atoms with Crippen LogP contribution >= 0.6 is 0 Å². The number of ether oxygens (including phenoxy) is 1. The SMILES string of the molecule is CCN(CC)S(=O)(=O)c1cc(N2C(=O)CCCC2=O)ccc1OC. The van der Waals surface area contributed by atoms with Crippen molar-refractivity contribution in [2.45, 2.75) is 38.0 Å². The third-order valence-corrected chi connectivity index (χ3v) is 6.08. The van der Waals surface area contributed by atoms with Crippen LogP contribution in [0.25, 0.3) is 0 Å². The number of amides is 2. The van der Waals surface area contributed by atoms with Gasteiger partial charge in [0.15, 0.2) is 0 Å². The van der Waals surface area contributed by atoms with E-state index in [1.54, 1.807) is 13.8 Å². The second-order valence-corrected chi connectivity index (χ2v) is 7.31. The van der Waals surface area contributed by atoms with Gasteiger partial charge in [0, 0.05) is 25.9 Å². The number of imide groups is 1. The maximum atomic E-state index is 12.8. The number of piperidine rings is 1. The van der Waals surface area contributed by atoms with E-state index < -0.39 is 10.0 Å². The molecule has 2 rings (SSSR count). The summed E-state index contributed by atoms with van der Waals surface area (Å²) in [7, 11) is -2.40. The maximum Gasteiger partial charge on any atom is 0.246 e. The first-order chi connectivity index (χ1) is 11.4. The predicted octanol–water partition coefficient (Wildman–Crippen LogP) is 1.77. The highest BCUT2D eigenvalue weighted by Gasteiger charge is 2.31. The molecule has 0 bridgehead atoms. The number of carbonyl (C=O) groups excluding carboxylic acids is 2. The summed E-state index contributed by atoms with van der Waals surface area (Å²) in [5.41, 5.74) is 0.260. The van der Waals surface area contributed by atoms with Gasteiger partial charge in [-0.25, -0.2) is 8.42 Å². The Labute approximate surface area is 142 Å². The summed E-state index contributed by atoms with van der Waals surface area (Å²) in [6, 6.07) is 4.34. The highest BCUT2D eigenvalue weighted by Crippen LogP contribution is 2.32. The summed E-state index contributed by atoms with van der Waals surface area (Å²) in [6.45, 7) is 4.12. The minimum Gasteiger partial charge on any atom is -0.495 e. The zero-order valence-corrected chi connectivity index (χ0v) is 14.9. The molecule has 0 spiro atoms. The van der Waals surface area contributed by atoms with Crippen LogP contribution in [0, 0.1) is 0 Å². The van der Waals surface area contributed by atoms with E-state index in [1.807, 2.05) is 0 Å². The van der Waals surface area contributed by atoms with E-state index in [2.05, 4.69) is 0 Å². The summed E-state index contributed by atoms with van der Waals surface area (Å²) in [5, 5.41) is 0. The maximum absolute atomic E-state index is 12.8. The number of hydrogen-bond donors (Lipinski definition) is 0. The second-order valence-electron chi connectivity index (χ2n) is 5.40. The lowest BCUT2D eigenvalue weighted by Crippen LogP contribution is -2.40. The molecule has 1 fully saturated rings. The Balaban J connectivity index is 2.56. The van der Waals surface area contributed by atoms with E-state index >= 15 is 0 Å². The molecule has 1 aliphatic rings. The largest absolute Gasteiger partial charge is 0.495 e. The van der Waals surface area contributed by atoms with Crippen LogP contribution in [-0.2, 0) is 19.6 Å². The minimum absolute atomic E-state index is 0.0441. The molecule has 1 aromatic carbocycles. The smallest absolute Gasteiger partial charge is 0.246 e. The lowest BCUT2D eigenvalue weighted by Gasteiger charge is -2.26. The number of nitrogens with zero attached hydrogens (tertiary/aromatic N) is 2. The lowest BCUT2D eigenvalue weighted by atomic mass is 10.1. The highest BCUT2D eigenvalue weighted by molar-refractivity contribution is 7.89. The van der Waals surface area contributed by atoms with Crippen LogP contribution in [-0.4, -0.2) is 44.7 Å². The predicted molar refractivity (Wildman–Crippen MR) is 89.4 cm³/mol. The molecule has 0 aromatic heterocycles. The number of anilines is 1. The lowest BCUT2D eigenvalue weighted by molar-refractivity contribution is -0.129. The molecule has 2 amide bonds. The number of hydrogen-bond acceptors (Lipinski definition) is 5. The van der Waals surface area contributed by atoms with Crippen molar-refractivity contribution in [3.8, 4) is 5.75 Å². The Bertz CT molecular complexity index is 725. The summed E-state index contributed by atoms with van der Waals surface area (Å²) >= 11 is 0. The second kappa shape index (κ2) is 7.31. The first-order valence-corrected chi connectivity index (χ1v) is 9.34. The summed E-state index contributed by atoms with van der Waals surface area (Å²) in [6.07, 6.45) is 1.07. The monoisotopic (exact) mass is 354 g/mol. The summed E-state index contributed by atoms with van der Waals surface area (Å²) in [4.78, 5) is 25.2. The fraction of sp³-hybridized carbons (Fsp3) is 0.500. The molecule has 1 heterocycles. The van der Waals surface area contributed by atoms with E-state index in [4.69, 9.17) is 4.74 Å². The van der Waals surface area contributed by atoms with Gasteiger partial charge in [0.2, 0.25) is 21.8 Å². The Morgan fingerprint density at radius 2 is 1.71 bits per heavy atom. The third kappa shape index (κ3) is 3.29. The molecule has 0 saturated carbocycles. The van der Waals surface area contributed by atoms with Crippen molar-refractivity contribution in [3.05, 3.63) is 18.2 Å². The average Bonchev–Trinajstić information content (AvgIpc) is 2.55. The number of rotatable bonds is 6. The van der Waals surface area contributed by atoms with Crippen molar-refractivity contribution in [2.75, 3.05) is 25.1 Å². The van der Waals surface area contributed by atoms with Gasteiger partial charge in [0.1, 0.15) is 10.6 Å². The van der Waals surface area contributed by atoms with Crippen molar-refractivity contribution in [2.24, 2.45) is 0 Å². The van der Waals surface area contributed by atoms with E-state index in [1.165, 1.54) is 29.6 Å². The number of benzene rings is 1. The van der Waals surface area contributed by atoms with Gasteiger partial charge in [-0.05, 0) is 24.6 Å². The molecule has 7 nitrogen and oxygen atoms in total. The molecule has 1 saturated heterocycles. The van der Waals surface area contributed by atoms with Crippen LogP contribution in [0.4, 0.5) is 5.69 Å². The molecule has 1 aromatic rings. The first-order valence-electron chi connectivity index (χ1n) is 7.90. The van der Waals surface area contributed by atoms with Crippen molar-refractivity contribution >= 4 is 27.5 Å². The van der Waals surface area contributed by atoms with Crippen LogP contribution in [0.5, 0.6) is 5.75 Å². The van der Waals surface area contributed by atoms with Gasteiger partial charge in [-0.2, -0.15) is 4.31 Å². The Kier molecular flexibility index (Phi) is 5.61. The van der Waals surface area contributed by atoms with Gasteiger partial charge in [-0.15, -0.1) is 0 Å². The highest BCUT2D eigenvalue weighted by atomic mass is 32.2. The summed E-state index contributed by atoms with van der Waals surface area (Å²) < 4.78 is 32.1. The van der Waals surface area contributed by atoms with Crippen LogP contribution in [0.15, 0.2) is 23.1 Å². The van der Waals surface area contributed by atoms with E-state index in [-0.39, 0.29) is 41.0 Å². The molecule has 8 heteroatoms. The van der Waals surface area contributed by atoms with Crippen LogP contribution in [0.2, 0.25) is 0 Å². The van der Waals surface area contributed by atoms with Crippen molar-refractivity contribution in [1.29, 1.82) is 0 Å². The zero-order valence-electron chi connectivity index (χ0n) is 14.1. The minimum atomic E-state index is -3.78. The fourth-order valence-electron chi connectivity index (χ4n) is 2.75. The number of sulfonamides is 1. The Hall–Kier alpha value is -1.93. The average molecular weight is 354 g/mol. The van der Waals surface area contributed by atoms with E-state index in [9.17, 15) is 18.0 Å². The quantitative estimate of drug-likeness (QED) is 0.727. The molecule has 1 aliphatic heterocycles. The molecule has 0 atom stereocenters. The number of methoxy groups -OCH3 is 1. The van der Waals surface area contributed by atoms with Gasteiger partial charge >= 0.3 is 0 Å². The number of carbonyl (C=O) groups is 2. The molecule has 24 heavy (non-hydrogen) atoms. The Morgan fingerprint density at radius 3 is 2.21 bits per heavy atom. The topological polar surface area (TPSA) is 84.0 Å². The van der Waals surface area contributed by atoms with E-state index in [0.717, 1.165) is 4.90 Å². The van der Waals surface area contributed by atoms with Crippen LogP contribution < -0.4 is 9.64 Å². The fourth-order valence-corrected chi connectivity index (χ4v) is 4.38. The van der Waals surface area contributed by atoms with E-state index in [0.29, 0.717) is 19.5 Å². The first kappa shape index (κ1) is 18.4. The summed E-state index contributed by atoms with van der Waals surface area (Å²) in [5.74, 6) is -0.451. The van der Waals surface area contributed by atoms with Gasteiger partial charge in [-0.1, -0.05) is 13.8 Å². The molecular formula is C16H22N2O5S. The normalized spacial score (nSPS) is 15.9. The molecule has 0 N–H and O–H groups in total.